The summed E-state index contributed by atoms with van der Waals surface area (Å²) in [4.78, 5) is -0.198. The van der Waals surface area contributed by atoms with Crippen LogP contribution in [0.25, 0.3) is 10.8 Å². The molecule has 0 aliphatic rings. The van der Waals surface area contributed by atoms with Crippen molar-refractivity contribution in [2.45, 2.75) is 9.79 Å². The molecule has 2 aromatic carbocycles. The minimum Gasteiger partial charge on any atom is -0.214 e. The Labute approximate surface area is 117 Å². The number of fused-ring (bicyclic) bond motifs is 1. The molecule has 0 fully saturated rings. The van der Waals surface area contributed by atoms with Crippen LogP contribution in [0.2, 0.25) is 0 Å². The van der Waals surface area contributed by atoms with Gasteiger partial charge in [-0.05, 0) is 43.7 Å². The average Bonchev–Trinajstić information content (AvgIpc) is 2.45. The lowest BCUT2D eigenvalue weighted by Crippen LogP contribution is -2.22. The van der Waals surface area contributed by atoms with Gasteiger partial charge in [0.25, 0.3) is 0 Å². The second kappa shape index (κ2) is 5.13. The molecule has 0 saturated heterocycles. The van der Waals surface area contributed by atoms with Crippen LogP contribution in [0.4, 0.5) is 0 Å². The first-order chi connectivity index (χ1) is 9.31. The van der Waals surface area contributed by atoms with E-state index < -0.39 is 20.0 Å². The summed E-state index contributed by atoms with van der Waals surface area (Å²) in [5.74, 6) is 0. The molecule has 0 amide bonds. The van der Waals surface area contributed by atoms with Crippen LogP contribution in [0.15, 0.2) is 40.1 Å². The number of sulfonamides is 2. The van der Waals surface area contributed by atoms with Crippen molar-refractivity contribution < 1.29 is 16.8 Å². The summed E-state index contributed by atoms with van der Waals surface area (Å²) in [5, 5.41) is 0.922. The molecule has 0 heterocycles. The normalized spacial score (nSPS) is 12.7. The Morgan fingerprint density at radius 1 is 1.00 bits per heavy atom. The molecule has 0 atom stereocenters. The predicted octanol–water partition coefficient (Wildman–Crippen LogP) is 0.456. The lowest BCUT2D eigenvalue weighted by Gasteiger charge is -2.10. The quantitative estimate of drug-likeness (QED) is 0.857. The van der Waals surface area contributed by atoms with Crippen LogP contribution in [0.3, 0.4) is 0 Å². The molecule has 20 heavy (non-hydrogen) atoms. The highest BCUT2D eigenvalue weighted by molar-refractivity contribution is 7.90. The zero-order chi connectivity index (χ0) is 15.0. The SMILES string of the molecule is CNS(=O)(=O)c1cc(S(=O)(=O)NC)c2c[c]ccc2c1. The smallest absolute Gasteiger partial charge is 0.214 e. The fourth-order valence-electron chi connectivity index (χ4n) is 1.79. The summed E-state index contributed by atoms with van der Waals surface area (Å²) < 4.78 is 52.2. The van der Waals surface area contributed by atoms with Crippen molar-refractivity contribution in [2.24, 2.45) is 0 Å². The highest BCUT2D eigenvalue weighted by atomic mass is 32.2. The molecule has 0 aliphatic carbocycles. The standard InChI is InChI=1S/C12H13N2O4S2/c1-13-19(15,16)10-7-9-5-3-4-6-11(9)12(8-10)20(17,18)14-2/h3,5-8,13-14H,1-2H3. The monoisotopic (exact) mass is 313 g/mol. The van der Waals surface area contributed by atoms with E-state index in [1.807, 2.05) is 0 Å². The maximum absolute atomic E-state index is 12.0. The summed E-state index contributed by atoms with van der Waals surface area (Å²) in [6, 6.07) is 10.1. The third kappa shape index (κ3) is 2.55. The minimum atomic E-state index is -3.78. The van der Waals surface area contributed by atoms with E-state index in [0.717, 1.165) is 6.07 Å². The molecule has 0 aromatic heterocycles. The third-order valence-corrected chi connectivity index (χ3v) is 5.72. The minimum absolute atomic E-state index is 0.0943. The van der Waals surface area contributed by atoms with E-state index in [4.69, 9.17) is 0 Å². The lowest BCUT2D eigenvalue weighted by atomic mass is 10.1. The van der Waals surface area contributed by atoms with Gasteiger partial charge in [-0.25, -0.2) is 26.3 Å². The maximum Gasteiger partial charge on any atom is 0.240 e. The van der Waals surface area contributed by atoms with Crippen LogP contribution in [0, 0.1) is 6.07 Å². The largest absolute Gasteiger partial charge is 0.240 e. The van der Waals surface area contributed by atoms with E-state index in [0.29, 0.717) is 10.8 Å². The van der Waals surface area contributed by atoms with Crippen molar-refractivity contribution in [2.75, 3.05) is 14.1 Å². The number of hydrogen-bond acceptors (Lipinski definition) is 4. The molecule has 6 nitrogen and oxygen atoms in total. The number of hydrogen-bond donors (Lipinski definition) is 2. The van der Waals surface area contributed by atoms with Crippen molar-refractivity contribution in [1.82, 2.24) is 9.44 Å². The van der Waals surface area contributed by atoms with E-state index >= 15 is 0 Å². The predicted molar refractivity (Wildman–Crippen MR) is 75.3 cm³/mol. The number of rotatable bonds is 4. The number of benzene rings is 2. The lowest BCUT2D eigenvalue weighted by molar-refractivity contribution is 0.587. The molecule has 2 aromatic rings. The molecule has 0 aliphatic heterocycles. The maximum atomic E-state index is 12.0. The van der Waals surface area contributed by atoms with Gasteiger partial charge in [0, 0.05) is 5.39 Å². The van der Waals surface area contributed by atoms with Gasteiger partial charge in [-0.1, -0.05) is 12.1 Å². The van der Waals surface area contributed by atoms with Gasteiger partial charge in [0.2, 0.25) is 20.0 Å². The Hall–Kier alpha value is -1.48. The molecule has 8 heteroatoms. The fourth-order valence-corrected chi connectivity index (χ4v) is 3.62. The van der Waals surface area contributed by atoms with E-state index in [1.165, 1.54) is 26.2 Å². The van der Waals surface area contributed by atoms with Crippen molar-refractivity contribution in [3.8, 4) is 0 Å². The molecule has 0 saturated carbocycles. The number of nitrogens with one attached hydrogen (secondary N) is 2. The van der Waals surface area contributed by atoms with Gasteiger partial charge in [0.15, 0.2) is 0 Å². The molecule has 0 unspecified atom stereocenters. The zero-order valence-electron chi connectivity index (χ0n) is 10.8. The second-order valence-electron chi connectivity index (χ2n) is 3.98. The molecule has 0 bridgehead atoms. The van der Waals surface area contributed by atoms with Crippen LogP contribution < -0.4 is 9.44 Å². The summed E-state index contributed by atoms with van der Waals surface area (Å²) in [6.07, 6.45) is 0. The van der Waals surface area contributed by atoms with Crippen molar-refractivity contribution >= 4 is 30.8 Å². The van der Waals surface area contributed by atoms with Crippen LogP contribution in [-0.4, -0.2) is 30.9 Å². The van der Waals surface area contributed by atoms with E-state index in [2.05, 4.69) is 15.5 Å². The van der Waals surface area contributed by atoms with Crippen LogP contribution in [0.1, 0.15) is 0 Å². The highest BCUT2D eigenvalue weighted by Crippen LogP contribution is 2.26. The van der Waals surface area contributed by atoms with Crippen molar-refractivity contribution in [3.05, 3.63) is 36.4 Å². The first-order valence-corrected chi connectivity index (χ1v) is 8.59. The topological polar surface area (TPSA) is 92.3 Å². The first kappa shape index (κ1) is 14.9. The fraction of sp³-hybridized carbons (Fsp3) is 0.167. The van der Waals surface area contributed by atoms with Crippen LogP contribution >= 0.6 is 0 Å². The molecule has 2 rings (SSSR count). The van der Waals surface area contributed by atoms with Gasteiger partial charge >= 0.3 is 0 Å². The van der Waals surface area contributed by atoms with E-state index in [9.17, 15) is 16.8 Å². The highest BCUT2D eigenvalue weighted by Gasteiger charge is 2.21. The van der Waals surface area contributed by atoms with Crippen molar-refractivity contribution in [3.63, 3.8) is 0 Å². The molecule has 107 valence electrons. The molecule has 0 spiro atoms. The summed E-state index contributed by atoms with van der Waals surface area (Å²) >= 11 is 0. The Bertz CT molecular complexity index is 858. The van der Waals surface area contributed by atoms with Gasteiger partial charge in [0.1, 0.15) is 0 Å². The van der Waals surface area contributed by atoms with Crippen LogP contribution in [-0.2, 0) is 20.0 Å². The zero-order valence-corrected chi connectivity index (χ0v) is 12.5. The average molecular weight is 313 g/mol. The molecule has 1 radical (unpaired) electrons. The first-order valence-electron chi connectivity index (χ1n) is 5.63. The molecular weight excluding hydrogens is 300 g/mol. The third-order valence-electron chi connectivity index (χ3n) is 2.87. The Balaban J connectivity index is 2.92. The van der Waals surface area contributed by atoms with Gasteiger partial charge < -0.3 is 0 Å². The van der Waals surface area contributed by atoms with Crippen LogP contribution in [0.5, 0.6) is 0 Å². The summed E-state index contributed by atoms with van der Waals surface area (Å²) in [6.45, 7) is 0. The van der Waals surface area contributed by atoms with E-state index in [-0.39, 0.29) is 9.79 Å². The van der Waals surface area contributed by atoms with Gasteiger partial charge in [-0.2, -0.15) is 0 Å². The summed E-state index contributed by atoms with van der Waals surface area (Å²) in [7, 11) is -4.97. The molecular formula is C12H13N2O4S2. The van der Waals surface area contributed by atoms with E-state index in [1.54, 1.807) is 12.1 Å². The second-order valence-corrected chi connectivity index (χ2v) is 7.73. The Morgan fingerprint density at radius 2 is 1.65 bits per heavy atom. The Morgan fingerprint density at radius 3 is 2.25 bits per heavy atom. The Kier molecular flexibility index (Phi) is 3.83. The summed E-state index contributed by atoms with van der Waals surface area (Å²) in [5.41, 5.74) is 0. The van der Waals surface area contributed by atoms with Gasteiger partial charge in [0.05, 0.1) is 9.79 Å². The molecule has 2 N–H and O–H groups in total. The van der Waals surface area contributed by atoms with Gasteiger partial charge in [-0.3, -0.25) is 0 Å². The van der Waals surface area contributed by atoms with Crippen molar-refractivity contribution in [1.29, 1.82) is 0 Å². The van der Waals surface area contributed by atoms with Gasteiger partial charge in [-0.15, -0.1) is 0 Å².